The molecule has 1 aliphatic carbocycles. The Balaban J connectivity index is 2.00. The Bertz CT molecular complexity index is 427. The first-order valence-electron chi connectivity index (χ1n) is 7.88. The van der Waals surface area contributed by atoms with E-state index in [-0.39, 0.29) is 6.04 Å². The molecule has 0 amide bonds. The summed E-state index contributed by atoms with van der Waals surface area (Å²) in [5, 5.41) is 13.8. The minimum absolute atomic E-state index is 0.246. The lowest BCUT2D eigenvalue weighted by Gasteiger charge is -2.32. The van der Waals surface area contributed by atoms with Crippen LogP contribution in [-0.4, -0.2) is 11.1 Å². The van der Waals surface area contributed by atoms with Gasteiger partial charge < -0.3 is 10.4 Å². The molecule has 0 aliphatic heterocycles. The van der Waals surface area contributed by atoms with Gasteiger partial charge in [-0.15, -0.1) is 0 Å². The summed E-state index contributed by atoms with van der Waals surface area (Å²) in [6.07, 6.45) is 7.53. The number of halogens is 1. The van der Waals surface area contributed by atoms with Gasteiger partial charge in [0.2, 0.25) is 0 Å². The van der Waals surface area contributed by atoms with Gasteiger partial charge in [0.1, 0.15) is 5.75 Å². The molecule has 3 heteroatoms. The van der Waals surface area contributed by atoms with Crippen LogP contribution in [-0.2, 0) is 0 Å². The third kappa shape index (κ3) is 3.98. The summed E-state index contributed by atoms with van der Waals surface area (Å²) in [5.74, 6) is 1.32. The molecule has 0 radical (unpaired) electrons. The molecule has 1 saturated carbocycles. The molecule has 1 aromatic carbocycles. The molecule has 20 heavy (non-hydrogen) atoms. The molecule has 1 aliphatic rings. The van der Waals surface area contributed by atoms with Crippen LogP contribution in [0.1, 0.15) is 64.0 Å². The van der Waals surface area contributed by atoms with E-state index in [1.165, 1.54) is 32.1 Å². The predicted molar refractivity (Wildman–Crippen MR) is 88.0 cm³/mol. The minimum Gasteiger partial charge on any atom is -0.508 e. The van der Waals surface area contributed by atoms with Gasteiger partial charge in [-0.3, -0.25) is 0 Å². The molecular weight excluding hydrogens is 314 g/mol. The van der Waals surface area contributed by atoms with Gasteiger partial charge >= 0.3 is 0 Å². The van der Waals surface area contributed by atoms with E-state index in [4.69, 9.17) is 0 Å². The van der Waals surface area contributed by atoms with Gasteiger partial charge in [-0.05, 0) is 56.2 Å². The Morgan fingerprint density at radius 3 is 2.55 bits per heavy atom. The molecule has 0 spiro atoms. The number of hydrogen-bond acceptors (Lipinski definition) is 2. The molecule has 1 unspecified atom stereocenters. The zero-order valence-electron chi connectivity index (χ0n) is 12.5. The lowest BCUT2D eigenvalue weighted by Crippen LogP contribution is -2.35. The van der Waals surface area contributed by atoms with Crippen molar-refractivity contribution in [3.8, 4) is 5.75 Å². The molecule has 1 aromatic rings. The van der Waals surface area contributed by atoms with Crippen molar-refractivity contribution in [1.29, 1.82) is 0 Å². The van der Waals surface area contributed by atoms with Crippen molar-refractivity contribution in [2.45, 2.75) is 64.5 Å². The van der Waals surface area contributed by atoms with Gasteiger partial charge in [0, 0.05) is 22.1 Å². The van der Waals surface area contributed by atoms with Gasteiger partial charge in [-0.25, -0.2) is 0 Å². The number of aromatic hydroxyl groups is 1. The highest BCUT2D eigenvalue weighted by molar-refractivity contribution is 9.10. The third-order valence-electron chi connectivity index (χ3n) is 4.63. The molecule has 0 saturated heterocycles. The lowest BCUT2D eigenvalue weighted by atomic mass is 9.84. The Hall–Kier alpha value is -0.540. The Morgan fingerprint density at radius 1 is 1.25 bits per heavy atom. The van der Waals surface area contributed by atoms with Gasteiger partial charge in [0.05, 0.1) is 0 Å². The Labute approximate surface area is 131 Å². The van der Waals surface area contributed by atoms with E-state index in [1.54, 1.807) is 6.07 Å². The molecule has 1 fully saturated rings. The maximum absolute atomic E-state index is 10.1. The van der Waals surface area contributed by atoms with Crippen LogP contribution >= 0.6 is 15.9 Å². The van der Waals surface area contributed by atoms with Crippen LogP contribution in [0.15, 0.2) is 22.7 Å². The number of hydrogen-bond donors (Lipinski definition) is 2. The second kappa shape index (κ2) is 7.46. The minimum atomic E-state index is 0.246. The second-order valence-electron chi connectivity index (χ2n) is 5.96. The summed E-state index contributed by atoms with van der Waals surface area (Å²) < 4.78 is 1.03. The molecule has 0 aromatic heterocycles. The van der Waals surface area contributed by atoms with Crippen LogP contribution in [0, 0.1) is 5.92 Å². The van der Waals surface area contributed by atoms with Crippen LogP contribution in [0.3, 0.4) is 0 Å². The molecule has 1 atom stereocenters. The van der Waals surface area contributed by atoms with Crippen molar-refractivity contribution in [1.82, 2.24) is 5.32 Å². The van der Waals surface area contributed by atoms with Crippen LogP contribution in [0.4, 0.5) is 0 Å². The largest absolute Gasteiger partial charge is 0.508 e. The fourth-order valence-corrected chi connectivity index (χ4v) is 3.63. The molecule has 2 N–H and O–H groups in total. The van der Waals surface area contributed by atoms with Crippen molar-refractivity contribution in [3.63, 3.8) is 0 Å². The van der Waals surface area contributed by atoms with Crippen molar-refractivity contribution >= 4 is 15.9 Å². The summed E-state index contributed by atoms with van der Waals surface area (Å²) in [5.41, 5.74) is 1.01. The van der Waals surface area contributed by atoms with Crippen molar-refractivity contribution < 1.29 is 5.11 Å². The normalized spacial score (nSPS) is 24.6. The summed E-state index contributed by atoms with van der Waals surface area (Å²) in [4.78, 5) is 0. The average Bonchev–Trinajstić information content (AvgIpc) is 2.48. The maximum atomic E-state index is 10.1. The van der Waals surface area contributed by atoms with E-state index in [9.17, 15) is 5.11 Å². The van der Waals surface area contributed by atoms with Crippen molar-refractivity contribution in [2.24, 2.45) is 5.92 Å². The van der Waals surface area contributed by atoms with Crippen molar-refractivity contribution in [3.05, 3.63) is 28.2 Å². The highest BCUT2D eigenvalue weighted by Crippen LogP contribution is 2.32. The Kier molecular flexibility index (Phi) is 5.91. The third-order valence-corrected chi connectivity index (χ3v) is 5.13. The zero-order valence-corrected chi connectivity index (χ0v) is 14.1. The fraction of sp³-hybridized carbons (Fsp3) is 0.647. The van der Waals surface area contributed by atoms with Crippen LogP contribution in [0.25, 0.3) is 0 Å². The van der Waals surface area contributed by atoms with E-state index in [0.29, 0.717) is 11.8 Å². The topological polar surface area (TPSA) is 32.3 Å². The lowest BCUT2D eigenvalue weighted by molar-refractivity contribution is 0.266. The van der Waals surface area contributed by atoms with Gasteiger partial charge in [0.15, 0.2) is 0 Å². The van der Waals surface area contributed by atoms with Crippen LogP contribution in [0.2, 0.25) is 0 Å². The zero-order chi connectivity index (χ0) is 14.5. The monoisotopic (exact) mass is 339 g/mol. The molecule has 2 rings (SSSR count). The van der Waals surface area contributed by atoms with Crippen molar-refractivity contribution in [2.75, 3.05) is 0 Å². The van der Waals surface area contributed by atoms with Gasteiger partial charge in [-0.1, -0.05) is 36.2 Å². The predicted octanol–water partition coefficient (Wildman–Crippen LogP) is 5.16. The average molecular weight is 340 g/mol. The highest BCUT2D eigenvalue weighted by atomic mass is 79.9. The molecule has 2 nitrogen and oxygen atoms in total. The van der Waals surface area contributed by atoms with Crippen LogP contribution in [0.5, 0.6) is 5.75 Å². The highest BCUT2D eigenvalue weighted by Gasteiger charge is 2.23. The van der Waals surface area contributed by atoms with E-state index in [0.717, 1.165) is 22.4 Å². The summed E-state index contributed by atoms with van der Waals surface area (Å²) in [7, 11) is 0. The first-order chi connectivity index (χ1) is 9.63. The van der Waals surface area contributed by atoms with Gasteiger partial charge in [0.25, 0.3) is 0 Å². The summed E-state index contributed by atoms with van der Waals surface area (Å²) in [6, 6.07) is 6.54. The smallest absolute Gasteiger partial charge is 0.120 e. The molecular formula is C17H26BrNO. The Morgan fingerprint density at radius 2 is 1.95 bits per heavy atom. The molecule has 0 heterocycles. The van der Waals surface area contributed by atoms with E-state index < -0.39 is 0 Å². The first kappa shape index (κ1) is 15.8. The number of benzene rings is 1. The maximum Gasteiger partial charge on any atom is 0.120 e. The first-order valence-corrected chi connectivity index (χ1v) is 8.67. The second-order valence-corrected chi connectivity index (χ2v) is 6.87. The number of phenolic OH excluding ortho intramolecular Hbond substituents is 1. The molecule has 112 valence electrons. The fourth-order valence-electron chi connectivity index (χ4n) is 3.25. The van der Waals surface area contributed by atoms with Gasteiger partial charge in [-0.2, -0.15) is 0 Å². The summed E-state index contributed by atoms with van der Waals surface area (Å²) >= 11 is 3.50. The quantitative estimate of drug-likeness (QED) is 0.775. The van der Waals surface area contributed by atoms with E-state index >= 15 is 0 Å². The van der Waals surface area contributed by atoms with E-state index in [1.807, 2.05) is 12.1 Å². The SMILES string of the molecule is CCC1CCC(NC(CC)c2cc(Br)ccc2O)CC1. The van der Waals surface area contributed by atoms with Crippen LogP contribution < -0.4 is 5.32 Å². The molecule has 0 bridgehead atoms. The number of rotatable bonds is 5. The standard InChI is InChI=1S/C17H26BrNO/c1-3-12-5-8-14(9-6-12)19-16(4-2)15-11-13(18)7-10-17(15)20/h7,10-12,14,16,19-20H,3-6,8-9H2,1-2H3. The number of nitrogens with one attached hydrogen (secondary N) is 1. The number of phenols is 1. The van der Waals surface area contributed by atoms with E-state index in [2.05, 4.69) is 35.1 Å². The summed E-state index contributed by atoms with van der Waals surface area (Å²) in [6.45, 7) is 4.47.